The van der Waals surface area contributed by atoms with Crippen LogP contribution >= 0.6 is 12.0 Å². The van der Waals surface area contributed by atoms with Crippen molar-refractivity contribution in [3.05, 3.63) is 60.2 Å². The van der Waals surface area contributed by atoms with Gasteiger partial charge in [0.05, 0.1) is 0 Å². The second-order valence-corrected chi connectivity index (χ2v) is 3.99. The minimum Gasteiger partial charge on any atom is -0.489 e. The van der Waals surface area contributed by atoms with Gasteiger partial charge in [0.15, 0.2) is 0 Å². The fraction of sp³-hybridized carbons (Fsp3) is 0.0769. The van der Waals surface area contributed by atoms with Gasteiger partial charge < -0.3 is 9.29 Å². The zero-order valence-corrected chi connectivity index (χ0v) is 9.48. The number of hydrogen-bond donors (Lipinski definition) is 1. The van der Waals surface area contributed by atoms with Crippen LogP contribution < -0.4 is 4.74 Å². The molecule has 0 amide bonds. The minimum absolute atomic E-state index is 0.562. The maximum atomic E-state index is 8.81. The average Bonchev–Trinajstić information content (AvgIpc) is 2.38. The predicted octanol–water partition coefficient (Wildman–Crippen LogP) is 3.83. The molecule has 0 aromatic heterocycles. The van der Waals surface area contributed by atoms with Gasteiger partial charge in [-0.15, -0.1) is 0 Å². The Morgan fingerprint density at radius 1 is 0.938 bits per heavy atom. The summed E-state index contributed by atoms with van der Waals surface area (Å²) in [5.41, 5.74) is 1.14. The van der Waals surface area contributed by atoms with Crippen molar-refractivity contribution in [3.8, 4) is 5.75 Å². The molecule has 2 aromatic rings. The third-order valence-corrected chi connectivity index (χ3v) is 2.66. The lowest BCUT2D eigenvalue weighted by Crippen LogP contribution is -1.94. The SMILES string of the molecule is OSc1ccc(OCc2ccccc2)cc1. The predicted molar refractivity (Wildman–Crippen MR) is 65.7 cm³/mol. The van der Waals surface area contributed by atoms with E-state index in [1.165, 1.54) is 0 Å². The van der Waals surface area contributed by atoms with E-state index < -0.39 is 0 Å². The Kier molecular flexibility index (Phi) is 3.86. The maximum Gasteiger partial charge on any atom is 0.119 e. The van der Waals surface area contributed by atoms with E-state index in [1.54, 1.807) is 0 Å². The quantitative estimate of drug-likeness (QED) is 0.812. The standard InChI is InChI=1S/C13H12O2S/c14-16-13-8-6-12(7-9-13)15-10-11-4-2-1-3-5-11/h1-9,14H,10H2. The van der Waals surface area contributed by atoms with Gasteiger partial charge in [-0.3, -0.25) is 0 Å². The van der Waals surface area contributed by atoms with E-state index in [-0.39, 0.29) is 0 Å². The van der Waals surface area contributed by atoms with Gasteiger partial charge in [0.25, 0.3) is 0 Å². The Hall–Kier alpha value is -1.45. The summed E-state index contributed by atoms with van der Waals surface area (Å²) in [4.78, 5) is 0.812. The van der Waals surface area contributed by atoms with Crippen LogP contribution in [0.15, 0.2) is 59.5 Å². The molecule has 1 N–H and O–H groups in total. The molecule has 3 heteroatoms. The fourth-order valence-electron chi connectivity index (χ4n) is 1.34. The first-order chi connectivity index (χ1) is 7.88. The molecule has 0 spiro atoms. The Balaban J connectivity index is 1.94. The third-order valence-electron chi connectivity index (χ3n) is 2.18. The molecule has 2 aromatic carbocycles. The van der Waals surface area contributed by atoms with Crippen molar-refractivity contribution in [2.24, 2.45) is 0 Å². The summed E-state index contributed by atoms with van der Waals surface area (Å²) in [6.45, 7) is 0.562. The molecule has 0 saturated carbocycles. The normalized spacial score (nSPS) is 10.1. The van der Waals surface area contributed by atoms with Crippen LogP contribution in [0, 0.1) is 0 Å². The Labute approximate surface area is 99.1 Å². The molecular formula is C13H12O2S. The fourth-order valence-corrected chi connectivity index (χ4v) is 1.60. The van der Waals surface area contributed by atoms with Crippen molar-refractivity contribution in [3.63, 3.8) is 0 Å². The summed E-state index contributed by atoms with van der Waals surface area (Å²) in [5, 5.41) is 0. The molecule has 2 nitrogen and oxygen atoms in total. The van der Waals surface area contributed by atoms with Gasteiger partial charge in [0.1, 0.15) is 12.4 Å². The van der Waals surface area contributed by atoms with E-state index >= 15 is 0 Å². The van der Waals surface area contributed by atoms with Crippen molar-refractivity contribution in [1.82, 2.24) is 0 Å². The summed E-state index contributed by atoms with van der Waals surface area (Å²) < 4.78 is 14.4. The summed E-state index contributed by atoms with van der Waals surface area (Å²) >= 11 is 0.736. The molecule has 0 heterocycles. The topological polar surface area (TPSA) is 29.5 Å². The first-order valence-corrected chi connectivity index (χ1v) is 5.74. The highest BCUT2D eigenvalue weighted by Gasteiger charge is 1.96. The van der Waals surface area contributed by atoms with Crippen molar-refractivity contribution in [2.45, 2.75) is 11.5 Å². The van der Waals surface area contributed by atoms with Gasteiger partial charge in [0.2, 0.25) is 0 Å². The Bertz CT molecular complexity index is 425. The zero-order chi connectivity index (χ0) is 11.2. The van der Waals surface area contributed by atoms with E-state index in [1.807, 2.05) is 54.6 Å². The zero-order valence-electron chi connectivity index (χ0n) is 8.67. The van der Waals surface area contributed by atoms with Gasteiger partial charge in [-0.25, -0.2) is 0 Å². The lowest BCUT2D eigenvalue weighted by Gasteiger charge is -2.06. The molecule has 0 aliphatic carbocycles. The Morgan fingerprint density at radius 2 is 1.62 bits per heavy atom. The molecule has 0 aliphatic rings. The summed E-state index contributed by atoms with van der Waals surface area (Å²) in [6.07, 6.45) is 0. The van der Waals surface area contributed by atoms with Crippen LogP contribution in [0.1, 0.15) is 5.56 Å². The number of ether oxygens (including phenoxy) is 1. The lowest BCUT2D eigenvalue weighted by molar-refractivity contribution is 0.306. The number of benzene rings is 2. The van der Waals surface area contributed by atoms with E-state index in [0.29, 0.717) is 6.61 Å². The highest BCUT2D eigenvalue weighted by molar-refractivity contribution is 7.93. The first-order valence-electron chi connectivity index (χ1n) is 4.97. The van der Waals surface area contributed by atoms with E-state index in [9.17, 15) is 0 Å². The molecule has 0 unspecified atom stereocenters. The molecule has 0 atom stereocenters. The number of hydrogen-bond acceptors (Lipinski definition) is 3. The maximum absolute atomic E-state index is 8.81. The molecule has 2 rings (SSSR count). The van der Waals surface area contributed by atoms with Crippen LogP contribution in [-0.2, 0) is 6.61 Å². The van der Waals surface area contributed by atoms with Crippen LogP contribution in [-0.4, -0.2) is 4.55 Å². The number of rotatable bonds is 4. The van der Waals surface area contributed by atoms with E-state index in [2.05, 4.69) is 0 Å². The first kappa shape index (κ1) is 11.0. The van der Waals surface area contributed by atoms with E-state index in [0.717, 1.165) is 28.3 Å². The minimum atomic E-state index is 0.562. The van der Waals surface area contributed by atoms with Gasteiger partial charge in [0, 0.05) is 16.9 Å². The molecule has 16 heavy (non-hydrogen) atoms. The molecule has 0 radical (unpaired) electrons. The molecular weight excluding hydrogens is 220 g/mol. The highest BCUT2D eigenvalue weighted by atomic mass is 32.2. The van der Waals surface area contributed by atoms with Gasteiger partial charge in [-0.1, -0.05) is 30.3 Å². The van der Waals surface area contributed by atoms with Gasteiger partial charge >= 0.3 is 0 Å². The van der Waals surface area contributed by atoms with Crippen molar-refractivity contribution in [1.29, 1.82) is 0 Å². The van der Waals surface area contributed by atoms with Crippen LogP contribution in [0.5, 0.6) is 5.75 Å². The van der Waals surface area contributed by atoms with Crippen molar-refractivity contribution >= 4 is 12.0 Å². The Morgan fingerprint density at radius 3 is 2.25 bits per heavy atom. The molecule has 0 saturated heterocycles. The second-order valence-electron chi connectivity index (χ2n) is 3.34. The smallest absolute Gasteiger partial charge is 0.119 e. The van der Waals surface area contributed by atoms with E-state index in [4.69, 9.17) is 9.29 Å². The van der Waals surface area contributed by atoms with Crippen LogP contribution in [0.3, 0.4) is 0 Å². The summed E-state index contributed by atoms with van der Waals surface area (Å²) in [5.74, 6) is 0.807. The second kappa shape index (κ2) is 5.58. The lowest BCUT2D eigenvalue weighted by atomic mass is 10.2. The largest absolute Gasteiger partial charge is 0.489 e. The monoisotopic (exact) mass is 232 g/mol. The van der Waals surface area contributed by atoms with Crippen LogP contribution in [0.2, 0.25) is 0 Å². The average molecular weight is 232 g/mol. The summed E-state index contributed by atoms with van der Waals surface area (Å²) in [6, 6.07) is 17.4. The molecule has 82 valence electrons. The van der Waals surface area contributed by atoms with Gasteiger partial charge in [-0.05, 0) is 29.8 Å². The molecule has 0 fully saturated rings. The van der Waals surface area contributed by atoms with Crippen molar-refractivity contribution < 1.29 is 9.29 Å². The van der Waals surface area contributed by atoms with Gasteiger partial charge in [-0.2, -0.15) is 0 Å². The summed E-state index contributed by atoms with van der Waals surface area (Å²) in [7, 11) is 0. The van der Waals surface area contributed by atoms with Crippen LogP contribution in [0.25, 0.3) is 0 Å². The highest BCUT2D eigenvalue weighted by Crippen LogP contribution is 2.19. The molecule has 0 aliphatic heterocycles. The third kappa shape index (κ3) is 3.02. The van der Waals surface area contributed by atoms with Crippen LogP contribution in [0.4, 0.5) is 0 Å². The van der Waals surface area contributed by atoms with Crippen molar-refractivity contribution in [2.75, 3.05) is 0 Å². The molecule has 0 bridgehead atoms.